The van der Waals surface area contributed by atoms with Gasteiger partial charge in [0.1, 0.15) is 0 Å². The topological polar surface area (TPSA) is 26.3 Å². The van der Waals surface area contributed by atoms with Crippen molar-refractivity contribution in [1.29, 1.82) is 0 Å². The van der Waals surface area contributed by atoms with Gasteiger partial charge in [-0.3, -0.25) is 4.79 Å². The molecule has 262 valence electrons. The molecule has 0 amide bonds. The Morgan fingerprint density at radius 2 is 0.750 bits per heavy atom. The quantitative estimate of drug-likeness (QED) is 0.0393. The van der Waals surface area contributed by atoms with Crippen molar-refractivity contribution in [2.75, 3.05) is 6.61 Å². The van der Waals surface area contributed by atoms with Crippen LogP contribution in [-0.4, -0.2) is 12.6 Å². The first-order chi connectivity index (χ1) is 21.7. The van der Waals surface area contributed by atoms with Gasteiger partial charge in [0, 0.05) is 6.42 Å². The highest BCUT2D eigenvalue weighted by atomic mass is 16.5. The first-order valence-corrected chi connectivity index (χ1v) is 20.5. The maximum absolute atomic E-state index is 12.5. The van der Waals surface area contributed by atoms with Crippen LogP contribution in [0.2, 0.25) is 0 Å². The van der Waals surface area contributed by atoms with Crippen LogP contribution in [0.3, 0.4) is 0 Å². The van der Waals surface area contributed by atoms with Gasteiger partial charge >= 0.3 is 5.97 Å². The number of hydrogen-bond acceptors (Lipinski definition) is 2. The molecule has 1 unspecified atom stereocenters. The summed E-state index contributed by atoms with van der Waals surface area (Å²) in [6, 6.07) is 0. The van der Waals surface area contributed by atoms with Crippen LogP contribution in [0.4, 0.5) is 0 Å². The van der Waals surface area contributed by atoms with Crippen molar-refractivity contribution in [2.24, 2.45) is 5.92 Å². The van der Waals surface area contributed by atoms with Gasteiger partial charge in [-0.25, -0.2) is 0 Å². The Kier molecular flexibility index (Phi) is 37.7. The number of esters is 1. The van der Waals surface area contributed by atoms with E-state index in [9.17, 15) is 4.79 Å². The van der Waals surface area contributed by atoms with Crippen molar-refractivity contribution in [3.8, 4) is 0 Å². The summed E-state index contributed by atoms with van der Waals surface area (Å²) in [6.07, 6.45) is 49.5. The summed E-state index contributed by atoms with van der Waals surface area (Å²) < 4.78 is 5.84. The SMILES string of the molecule is CCCCCCCCC=CCCCCCCCC(=O)OCC(CCCCCCCCCC)CCCCCCCCCCCC. The second-order valence-electron chi connectivity index (χ2n) is 14.1. The van der Waals surface area contributed by atoms with Crippen LogP contribution < -0.4 is 0 Å². The van der Waals surface area contributed by atoms with Gasteiger partial charge in [0.2, 0.25) is 0 Å². The zero-order valence-electron chi connectivity index (χ0n) is 30.8. The second kappa shape index (κ2) is 38.4. The third-order valence-electron chi connectivity index (χ3n) is 9.55. The molecule has 0 aromatic heterocycles. The van der Waals surface area contributed by atoms with E-state index in [4.69, 9.17) is 4.74 Å². The van der Waals surface area contributed by atoms with Gasteiger partial charge in [0.25, 0.3) is 0 Å². The number of rotatable bonds is 37. The molecular formula is C42H82O2. The van der Waals surface area contributed by atoms with Crippen LogP contribution in [0.15, 0.2) is 12.2 Å². The molecule has 44 heavy (non-hydrogen) atoms. The fraction of sp³-hybridized carbons (Fsp3) is 0.929. The summed E-state index contributed by atoms with van der Waals surface area (Å²) in [5, 5.41) is 0. The molecule has 0 saturated heterocycles. The minimum Gasteiger partial charge on any atom is -0.465 e. The molecular weight excluding hydrogens is 536 g/mol. The Bertz CT molecular complexity index is 568. The highest BCUT2D eigenvalue weighted by Gasteiger charge is 2.12. The highest BCUT2D eigenvalue weighted by molar-refractivity contribution is 5.69. The van der Waals surface area contributed by atoms with Gasteiger partial charge in [-0.1, -0.05) is 200 Å². The Hall–Kier alpha value is -0.790. The van der Waals surface area contributed by atoms with Crippen molar-refractivity contribution in [3.05, 3.63) is 12.2 Å². The fourth-order valence-electron chi connectivity index (χ4n) is 6.42. The van der Waals surface area contributed by atoms with Crippen LogP contribution in [-0.2, 0) is 9.53 Å². The van der Waals surface area contributed by atoms with Crippen molar-refractivity contribution in [3.63, 3.8) is 0 Å². The first kappa shape index (κ1) is 43.2. The summed E-state index contributed by atoms with van der Waals surface area (Å²) in [5.74, 6) is 0.619. The number of ether oxygens (including phenoxy) is 1. The lowest BCUT2D eigenvalue weighted by Gasteiger charge is -2.17. The Balaban J connectivity index is 3.96. The third kappa shape index (κ3) is 35.7. The number of allylic oxidation sites excluding steroid dienone is 2. The van der Waals surface area contributed by atoms with Crippen molar-refractivity contribution >= 4 is 5.97 Å². The van der Waals surface area contributed by atoms with Crippen LogP contribution in [0.25, 0.3) is 0 Å². The first-order valence-electron chi connectivity index (χ1n) is 20.5. The lowest BCUT2D eigenvalue weighted by molar-refractivity contribution is -0.145. The maximum Gasteiger partial charge on any atom is 0.305 e. The van der Waals surface area contributed by atoms with E-state index in [-0.39, 0.29) is 5.97 Å². The predicted octanol–water partition coefficient (Wildman–Crippen LogP) is 15.0. The molecule has 2 heteroatoms. The molecule has 0 aliphatic carbocycles. The average Bonchev–Trinajstić information content (AvgIpc) is 3.03. The predicted molar refractivity (Wildman–Crippen MR) is 198 cm³/mol. The summed E-state index contributed by atoms with van der Waals surface area (Å²) >= 11 is 0. The lowest BCUT2D eigenvalue weighted by Crippen LogP contribution is -2.14. The molecule has 0 aromatic rings. The summed E-state index contributed by atoms with van der Waals surface area (Å²) in [7, 11) is 0. The van der Waals surface area contributed by atoms with E-state index in [1.807, 2.05) is 0 Å². The molecule has 0 rings (SSSR count). The Morgan fingerprint density at radius 3 is 1.14 bits per heavy atom. The largest absolute Gasteiger partial charge is 0.465 e. The molecule has 1 atom stereocenters. The standard InChI is InChI=1S/C42H82O2/c1-4-7-10-13-16-19-21-22-23-24-25-27-30-33-36-39-42(43)44-40-41(37-34-31-28-18-15-12-9-6-3)38-35-32-29-26-20-17-14-11-8-5-2/h22-23,41H,4-21,24-40H2,1-3H3. The van der Waals surface area contributed by atoms with E-state index in [1.54, 1.807) is 0 Å². The molecule has 0 N–H and O–H groups in total. The summed E-state index contributed by atoms with van der Waals surface area (Å²) in [6.45, 7) is 7.53. The lowest BCUT2D eigenvalue weighted by atomic mass is 9.94. The van der Waals surface area contributed by atoms with Gasteiger partial charge < -0.3 is 4.74 Å². The fourth-order valence-corrected chi connectivity index (χ4v) is 6.42. The zero-order chi connectivity index (χ0) is 32.0. The molecule has 0 bridgehead atoms. The number of hydrogen-bond donors (Lipinski definition) is 0. The summed E-state index contributed by atoms with van der Waals surface area (Å²) in [5.41, 5.74) is 0. The monoisotopic (exact) mass is 619 g/mol. The molecule has 0 saturated carbocycles. The molecule has 0 aliphatic heterocycles. The number of unbranched alkanes of at least 4 members (excludes halogenated alkanes) is 27. The van der Waals surface area contributed by atoms with E-state index in [0.29, 0.717) is 18.9 Å². The Morgan fingerprint density at radius 1 is 0.432 bits per heavy atom. The van der Waals surface area contributed by atoms with Gasteiger partial charge in [0.15, 0.2) is 0 Å². The van der Waals surface area contributed by atoms with E-state index < -0.39 is 0 Å². The average molecular weight is 619 g/mol. The van der Waals surface area contributed by atoms with Gasteiger partial charge in [-0.2, -0.15) is 0 Å². The molecule has 0 spiro atoms. The molecule has 0 aromatic carbocycles. The van der Waals surface area contributed by atoms with Crippen molar-refractivity contribution in [1.82, 2.24) is 0 Å². The van der Waals surface area contributed by atoms with E-state index in [1.165, 1.54) is 199 Å². The molecule has 0 aliphatic rings. The smallest absolute Gasteiger partial charge is 0.305 e. The van der Waals surface area contributed by atoms with Gasteiger partial charge in [-0.05, 0) is 50.9 Å². The van der Waals surface area contributed by atoms with Crippen LogP contribution in [0.5, 0.6) is 0 Å². The Labute approximate surface area is 278 Å². The van der Waals surface area contributed by atoms with Gasteiger partial charge in [0.05, 0.1) is 6.61 Å². The summed E-state index contributed by atoms with van der Waals surface area (Å²) in [4.78, 5) is 12.5. The van der Waals surface area contributed by atoms with E-state index in [2.05, 4.69) is 32.9 Å². The number of carbonyl (C=O) groups excluding carboxylic acids is 1. The minimum atomic E-state index is 0.0478. The van der Waals surface area contributed by atoms with Crippen LogP contribution in [0.1, 0.15) is 239 Å². The van der Waals surface area contributed by atoms with Gasteiger partial charge in [-0.15, -0.1) is 0 Å². The van der Waals surface area contributed by atoms with Crippen molar-refractivity contribution < 1.29 is 9.53 Å². The maximum atomic E-state index is 12.5. The zero-order valence-corrected chi connectivity index (χ0v) is 30.8. The molecule has 0 heterocycles. The van der Waals surface area contributed by atoms with E-state index >= 15 is 0 Å². The highest BCUT2D eigenvalue weighted by Crippen LogP contribution is 2.21. The normalized spacial score (nSPS) is 12.3. The molecule has 0 radical (unpaired) electrons. The number of carbonyl (C=O) groups is 1. The van der Waals surface area contributed by atoms with Crippen LogP contribution >= 0.6 is 0 Å². The molecule has 2 nitrogen and oxygen atoms in total. The van der Waals surface area contributed by atoms with Crippen molar-refractivity contribution in [2.45, 2.75) is 239 Å². The third-order valence-corrected chi connectivity index (χ3v) is 9.55. The van der Waals surface area contributed by atoms with E-state index in [0.717, 1.165) is 12.8 Å². The second-order valence-corrected chi connectivity index (χ2v) is 14.1. The van der Waals surface area contributed by atoms with Crippen LogP contribution in [0, 0.1) is 5.92 Å². The minimum absolute atomic E-state index is 0.0478. The molecule has 0 fully saturated rings.